The zero-order chi connectivity index (χ0) is 17.7. The van der Waals surface area contributed by atoms with E-state index >= 15 is 0 Å². The molecule has 0 amide bonds. The third-order valence-corrected chi connectivity index (χ3v) is 5.86. The summed E-state index contributed by atoms with van der Waals surface area (Å²) in [5.74, 6) is 0. The van der Waals surface area contributed by atoms with E-state index in [0.29, 0.717) is 0 Å². The Hall–Kier alpha value is -0.830. The Morgan fingerprint density at radius 3 is 1.88 bits per heavy atom. The molecule has 0 radical (unpaired) electrons. The molecule has 0 fully saturated rings. The molecule has 0 aromatic heterocycles. The Morgan fingerprint density at radius 1 is 0.640 bits per heavy atom. The number of hydrogen-bond acceptors (Lipinski definition) is 0. The molecule has 0 bridgehead atoms. The normalized spacial score (nSPS) is 11.0. The van der Waals surface area contributed by atoms with Crippen molar-refractivity contribution in [3.05, 3.63) is 57.7 Å². The van der Waals surface area contributed by atoms with E-state index in [1.165, 1.54) is 90.9 Å². The van der Waals surface area contributed by atoms with E-state index in [9.17, 15) is 0 Å². The van der Waals surface area contributed by atoms with Gasteiger partial charge in [0.05, 0.1) is 0 Å². The van der Waals surface area contributed by atoms with E-state index < -0.39 is 0 Å². The van der Waals surface area contributed by atoms with Crippen molar-refractivity contribution in [2.24, 2.45) is 0 Å². The van der Waals surface area contributed by atoms with E-state index in [-0.39, 0.29) is 0 Å². The van der Waals surface area contributed by atoms with Gasteiger partial charge in [-0.25, -0.2) is 0 Å². The maximum Gasteiger partial charge on any atom is 0.0211 e. The van der Waals surface area contributed by atoms with Crippen LogP contribution in [-0.2, 0) is 6.42 Å². The number of benzene rings is 2. The van der Waals surface area contributed by atoms with Crippen LogP contribution in [0.2, 0.25) is 0 Å². The first-order chi connectivity index (χ1) is 12.3. The van der Waals surface area contributed by atoms with E-state index in [1.54, 1.807) is 0 Å². The summed E-state index contributed by atoms with van der Waals surface area (Å²) < 4.78 is 1.37. The molecule has 2 aromatic carbocycles. The molecule has 136 valence electrons. The Balaban J connectivity index is 1.72. The predicted molar refractivity (Wildman–Crippen MR) is 120 cm³/mol. The number of aryl methyl sites for hydroxylation is 1. The highest BCUT2D eigenvalue weighted by Gasteiger charge is 2.08. The van der Waals surface area contributed by atoms with Crippen LogP contribution < -0.4 is 0 Å². The van der Waals surface area contributed by atoms with Crippen LogP contribution in [0.4, 0.5) is 0 Å². The lowest BCUT2D eigenvalue weighted by atomic mass is 9.95. The van der Waals surface area contributed by atoms with E-state index in [4.69, 9.17) is 0 Å². The average molecular weight is 448 g/mol. The van der Waals surface area contributed by atoms with Crippen molar-refractivity contribution < 1.29 is 0 Å². The van der Waals surface area contributed by atoms with Crippen molar-refractivity contribution in [2.75, 3.05) is 0 Å². The second-order valence-corrected chi connectivity index (χ2v) is 8.23. The summed E-state index contributed by atoms with van der Waals surface area (Å²) >= 11 is 2.48. The molecule has 0 unspecified atom stereocenters. The van der Waals surface area contributed by atoms with Crippen LogP contribution in [0.1, 0.15) is 76.7 Å². The van der Waals surface area contributed by atoms with Crippen LogP contribution in [-0.4, -0.2) is 0 Å². The minimum Gasteiger partial charge on any atom is -0.0654 e. The SMILES string of the molecule is CCCCCCCCCCCCc1cccc(I)c1-c1ccccc1. The zero-order valence-electron chi connectivity index (χ0n) is 15.8. The lowest BCUT2D eigenvalue weighted by Crippen LogP contribution is -1.94. The quantitative estimate of drug-likeness (QED) is 0.226. The molecular formula is C24H33I. The second-order valence-electron chi connectivity index (χ2n) is 7.07. The maximum absolute atomic E-state index is 2.48. The highest BCUT2D eigenvalue weighted by atomic mass is 127. The van der Waals surface area contributed by atoms with Gasteiger partial charge in [0.15, 0.2) is 0 Å². The minimum absolute atomic E-state index is 1.21. The Kier molecular flexibility index (Phi) is 10.3. The summed E-state index contributed by atoms with van der Waals surface area (Å²) in [6.07, 6.45) is 15.2. The first-order valence-electron chi connectivity index (χ1n) is 10.2. The van der Waals surface area contributed by atoms with Gasteiger partial charge in [0.1, 0.15) is 0 Å². The van der Waals surface area contributed by atoms with Crippen molar-refractivity contribution in [2.45, 2.75) is 77.6 Å². The second kappa shape index (κ2) is 12.5. The van der Waals surface area contributed by atoms with E-state index in [1.807, 2.05) is 0 Å². The van der Waals surface area contributed by atoms with Gasteiger partial charge in [0, 0.05) is 3.57 Å². The Bertz CT molecular complexity index is 588. The smallest absolute Gasteiger partial charge is 0.0211 e. The van der Waals surface area contributed by atoms with Gasteiger partial charge in [-0.15, -0.1) is 0 Å². The summed E-state index contributed by atoms with van der Waals surface area (Å²) in [5, 5.41) is 0. The zero-order valence-corrected chi connectivity index (χ0v) is 17.9. The van der Waals surface area contributed by atoms with Crippen LogP contribution in [0.15, 0.2) is 48.5 Å². The fourth-order valence-electron chi connectivity index (χ4n) is 3.51. The standard InChI is InChI=1S/C24H33I/c1-2-3-4-5-6-7-8-9-10-12-16-22-19-15-20-23(25)24(22)21-17-13-11-14-18-21/h11,13-15,17-20H,2-10,12,16H2,1H3. The van der Waals surface area contributed by atoms with Crippen molar-refractivity contribution in [3.63, 3.8) is 0 Å². The van der Waals surface area contributed by atoms with Crippen LogP contribution in [0.25, 0.3) is 11.1 Å². The van der Waals surface area contributed by atoms with Gasteiger partial charge in [-0.2, -0.15) is 0 Å². The van der Waals surface area contributed by atoms with Gasteiger partial charge in [-0.3, -0.25) is 0 Å². The molecule has 0 aliphatic heterocycles. The van der Waals surface area contributed by atoms with Gasteiger partial charge < -0.3 is 0 Å². The summed E-state index contributed by atoms with van der Waals surface area (Å²) in [5.41, 5.74) is 4.31. The lowest BCUT2D eigenvalue weighted by molar-refractivity contribution is 0.556. The van der Waals surface area contributed by atoms with Gasteiger partial charge in [-0.1, -0.05) is 107 Å². The average Bonchev–Trinajstić information content (AvgIpc) is 2.64. The molecule has 0 saturated carbocycles. The monoisotopic (exact) mass is 448 g/mol. The minimum atomic E-state index is 1.21. The highest BCUT2D eigenvalue weighted by molar-refractivity contribution is 14.1. The van der Waals surface area contributed by atoms with Gasteiger partial charge in [0.2, 0.25) is 0 Å². The topological polar surface area (TPSA) is 0 Å². The largest absolute Gasteiger partial charge is 0.0654 e. The number of rotatable bonds is 12. The molecule has 0 atom stereocenters. The Morgan fingerprint density at radius 2 is 1.24 bits per heavy atom. The fraction of sp³-hybridized carbons (Fsp3) is 0.500. The molecule has 2 aromatic rings. The predicted octanol–water partition coefficient (Wildman–Crippen LogP) is 8.42. The lowest BCUT2D eigenvalue weighted by Gasteiger charge is -2.12. The Labute approximate surface area is 168 Å². The van der Waals surface area contributed by atoms with Gasteiger partial charge >= 0.3 is 0 Å². The third kappa shape index (κ3) is 7.52. The first kappa shape index (κ1) is 20.5. The number of halogens is 1. The van der Waals surface area contributed by atoms with Crippen LogP contribution in [0.5, 0.6) is 0 Å². The molecule has 0 N–H and O–H groups in total. The van der Waals surface area contributed by atoms with Crippen molar-refractivity contribution in [3.8, 4) is 11.1 Å². The molecule has 25 heavy (non-hydrogen) atoms. The molecule has 0 spiro atoms. The van der Waals surface area contributed by atoms with Gasteiger partial charge in [-0.05, 0) is 58.2 Å². The van der Waals surface area contributed by atoms with Crippen LogP contribution in [0, 0.1) is 3.57 Å². The fourth-order valence-corrected chi connectivity index (χ4v) is 4.37. The van der Waals surface area contributed by atoms with E-state index in [0.717, 1.165) is 0 Å². The number of hydrogen-bond donors (Lipinski definition) is 0. The van der Waals surface area contributed by atoms with Crippen molar-refractivity contribution in [1.82, 2.24) is 0 Å². The molecule has 0 heterocycles. The van der Waals surface area contributed by atoms with Crippen molar-refractivity contribution >= 4 is 22.6 Å². The molecule has 0 nitrogen and oxygen atoms in total. The van der Waals surface area contributed by atoms with Crippen LogP contribution in [0.3, 0.4) is 0 Å². The molecule has 0 aliphatic carbocycles. The summed E-state index contributed by atoms with van der Waals surface area (Å²) in [6, 6.07) is 17.6. The van der Waals surface area contributed by atoms with Gasteiger partial charge in [0.25, 0.3) is 0 Å². The van der Waals surface area contributed by atoms with E-state index in [2.05, 4.69) is 78.0 Å². The maximum atomic E-state index is 2.48. The summed E-state index contributed by atoms with van der Waals surface area (Å²) in [4.78, 5) is 0. The van der Waals surface area contributed by atoms with Crippen molar-refractivity contribution in [1.29, 1.82) is 0 Å². The summed E-state index contributed by atoms with van der Waals surface area (Å²) in [7, 11) is 0. The molecule has 0 saturated heterocycles. The summed E-state index contributed by atoms with van der Waals surface area (Å²) in [6.45, 7) is 2.29. The number of unbranched alkanes of at least 4 members (excludes halogenated alkanes) is 9. The third-order valence-electron chi connectivity index (χ3n) is 4.96. The molecule has 1 heteroatoms. The van der Waals surface area contributed by atoms with Crippen LogP contribution >= 0.6 is 22.6 Å². The molecule has 2 rings (SSSR count). The molecule has 0 aliphatic rings. The highest BCUT2D eigenvalue weighted by Crippen LogP contribution is 2.30. The molecular weight excluding hydrogens is 415 g/mol. The first-order valence-corrected chi connectivity index (χ1v) is 11.2.